The van der Waals surface area contributed by atoms with Crippen LogP contribution in [0.25, 0.3) is 0 Å². The van der Waals surface area contributed by atoms with E-state index >= 15 is 0 Å². The van der Waals surface area contributed by atoms with Crippen molar-refractivity contribution in [2.24, 2.45) is 0 Å². The van der Waals surface area contributed by atoms with Crippen LogP contribution >= 0.6 is 15.9 Å². The molecule has 0 atom stereocenters. The van der Waals surface area contributed by atoms with Crippen LogP contribution in [0.3, 0.4) is 0 Å². The Kier molecular flexibility index (Phi) is 3.88. The number of anilines is 2. The number of pyridine rings is 2. The predicted octanol–water partition coefficient (Wildman–Crippen LogP) is 2.00. The number of carbonyl (C=O) groups excluding carboxylic acids is 1. The van der Waals surface area contributed by atoms with Crippen LogP contribution < -0.4 is 11.1 Å². The van der Waals surface area contributed by atoms with Crippen LogP contribution in [0, 0.1) is 0 Å². The summed E-state index contributed by atoms with van der Waals surface area (Å²) < 4.78 is 0.601. The monoisotopic (exact) mass is 306 g/mol. The van der Waals surface area contributed by atoms with E-state index in [1.807, 2.05) is 0 Å². The molecule has 0 fully saturated rings. The maximum absolute atomic E-state index is 11.8. The van der Waals surface area contributed by atoms with Crippen molar-refractivity contribution < 1.29 is 4.79 Å². The molecule has 0 spiro atoms. The Labute approximate surface area is 113 Å². The zero-order chi connectivity index (χ0) is 13.0. The predicted molar refractivity (Wildman–Crippen MR) is 72.9 cm³/mol. The first-order valence-corrected chi connectivity index (χ1v) is 6.05. The number of nitrogens with zero attached hydrogens (tertiary/aromatic N) is 2. The van der Waals surface area contributed by atoms with E-state index in [-0.39, 0.29) is 12.3 Å². The molecule has 18 heavy (non-hydrogen) atoms. The van der Waals surface area contributed by atoms with Crippen LogP contribution in [-0.2, 0) is 11.2 Å². The molecule has 0 aliphatic rings. The number of carbonyl (C=O) groups is 1. The van der Waals surface area contributed by atoms with Crippen molar-refractivity contribution in [3.63, 3.8) is 0 Å². The highest BCUT2D eigenvalue weighted by Gasteiger charge is 2.07. The second-order valence-corrected chi connectivity index (χ2v) is 4.40. The number of nitrogen functional groups attached to an aromatic ring is 1. The zero-order valence-electron chi connectivity index (χ0n) is 9.43. The summed E-state index contributed by atoms with van der Waals surface area (Å²) in [4.78, 5) is 19.9. The molecular weight excluding hydrogens is 296 g/mol. The molecule has 0 unspecified atom stereocenters. The second kappa shape index (κ2) is 5.59. The quantitative estimate of drug-likeness (QED) is 0.850. The molecule has 2 heterocycles. The molecule has 0 saturated heterocycles. The van der Waals surface area contributed by atoms with Crippen LogP contribution in [-0.4, -0.2) is 15.9 Å². The maximum Gasteiger partial charge on any atom is 0.230 e. The van der Waals surface area contributed by atoms with Gasteiger partial charge in [0.05, 0.1) is 24.0 Å². The Morgan fingerprint density at radius 2 is 2.17 bits per heavy atom. The number of hydrogen-bond acceptors (Lipinski definition) is 4. The van der Waals surface area contributed by atoms with Gasteiger partial charge in [0, 0.05) is 11.9 Å². The molecule has 0 aromatic carbocycles. The highest BCUT2D eigenvalue weighted by atomic mass is 79.9. The van der Waals surface area contributed by atoms with E-state index in [9.17, 15) is 4.79 Å². The van der Waals surface area contributed by atoms with Gasteiger partial charge in [-0.25, -0.2) is 4.98 Å². The Bertz CT molecular complexity index is 556. The van der Waals surface area contributed by atoms with Gasteiger partial charge in [-0.15, -0.1) is 0 Å². The van der Waals surface area contributed by atoms with Gasteiger partial charge in [0.25, 0.3) is 0 Å². The van der Waals surface area contributed by atoms with Gasteiger partial charge in [-0.3, -0.25) is 9.78 Å². The van der Waals surface area contributed by atoms with Crippen LogP contribution in [0.1, 0.15) is 5.69 Å². The van der Waals surface area contributed by atoms with E-state index in [0.717, 1.165) is 0 Å². The molecule has 6 heteroatoms. The molecule has 0 aliphatic carbocycles. The summed E-state index contributed by atoms with van der Waals surface area (Å²) in [5.41, 5.74) is 7.41. The van der Waals surface area contributed by atoms with Crippen LogP contribution in [0.15, 0.2) is 41.3 Å². The lowest BCUT2D eigenvalue weighted by atomic mass is 10.2. The number of nitrogens with one attached hydrogen (secondary N) is 1. The molecular formula is C12H11BrN4O. The Morgan fingerprint density at radius 3 is 2.83 bits per heavy atom. The van der Waals surface area contributed by atoms with Crippen LogP contribution in [0.4, 0.5) is 11.4 Å². The average Bonchev–Trinajstić information content (AvgIpc) is 2.35. The van der Waals surface area contributed by atoms with Gasteiger partial charge in [-0.05, 0) is 40.2 Å². The van der Waals surface area contributed by atoms with Gasteiger partial charge < -0.3 is 11.1 Å². The summed E-state index contributed by atoms with van der Waals surface area (Å²) in [6.07, 6.45) is 3.37. The lowest BCUT2D eigenvalue weighted by Gasteiger charge is -2.06. The van der Waals surface area contributed by atoms with Crippen molar-refractivity contribution >= 4 is 33.2 Å². The van der Waals surface area contributed by atoms with E-state index in [2.05, 4.69) is 31.2 Å². The summed E-state index contributed by atoms with van der Waals surface area (Å²) in [7, 11) is 0. The van der Waals surface area contributed by atoms with E-state index in [0.29, 0.717) is 21.7 Å². The minimum absolute atomic E-state index is 0.152. The average molecular weight is 307 g/mol. The van der Waals surface area contributed by atoms with Crippen molar-refractivity contribution in [3.8, 4) is 0 Å². The molecule has 3 N–H and O–H groups in total. The Morgan fingerprint density at radius 1 is 1.33 bits per heavy atom. The Hall–Kier alpha value is -1.95. The highest BCUT2D eigenvalue weighted by Crippen LogP contribution is 2.18. The zero-order valence-corrected chi connectivity index (χ0v) is 11.0. The third-order valence-electron chi connectivity index (χ3n) is 2.22. The molecule has 92 valence electrons. The van der Waals surface area contributed by atoms with Gasteiger partial charge in [0.2, 0.25) is 5.91 Å². The number of halogens is 1. The van der Waals surface area contributed by atoms with Crippen LogP contribution in [0.2, 0.25) is 0 Å². The number of rotatable bonds is 3. The smallest absolute Gasteiger partial charge is 0.230 e. The molecule has 2 rings (SSSR count). The lowest BCUT2D eigenvalue weighted by Crippen LogP contribution is -2.15. The van der Waals surface area contributed by atoms with Crippen molar-refractivity contribution in [3.05, 3.63) is 47.0 Å². The SMILES string of the molecule is Nc1ccc(CC(=O)Nc2cccnc2Br)nc1. The second-order valence-electron chi connectivity index (χ2n) is 3.65. The summed E-state index contributed by atoms with van der Waals surface area (Å²) >= 11 is 3.26. The summed E-state index contributed by atoms with van der Waals surface area (Å²) in [5.74, 6) is -0.152. The first-order chi connectivity index (χ1) is 8.65. The first kappa shape index (κ1) is 12.5. The minimum atomic E-state index is -0.152. The van der Waals surface area contributed by atoms with E-state index in [4.69, 9.17) is 5.73 Å². The fourth-order valence-corrected chi connectivity index (χ4v) is 1.73. The molecule has 5 nitrogen and oxygen atoms in total. The van der Waals surface area contributed by atoms with Crippen molar-refractivity contribution in [2.45, 2.75) is 6.42 Å². The first-order valence-electron chi connectivity index (χ1n) is 5.26. The molecule has 2 aromatic heterocycles. The summed E-state index contributed by atoms with van der Waals surface area (Å²) in [5, 5.41) is 2.75. The van der Waals surface area contributed by atoms with Gasteiger partial charge >= 0.3 is 0 Å². The van der Waals surface area contributed by atoms with Crippen molar-refractivity contribution in [1.29, 1.82) is 0 Å². The fraction of sp³-hybridized carbons (Fsp3) is 0.0833. The Balaban J connectivity index is 2.01. The minimum Gasteiger partial charge on any atom is -0.397 e. The number of nitrogens with two attached hydrogens (primary N) is 1. The van der Waals surface area contributed by atoms with Gasteiger partial charge in [0.1, 0.15) is 4.60 Å². The number of hydrogen-bond donors (Lipinski definition) is 2. The fourth-order valence-electron chi connectivity index (χ4n) is 1.38. The third-order valence-corrected chi connectivity index (χ3v) is 2.85. The third kappa shape index (κ3) is 3.27. The van der Waals surface area contributed by atoms with Gasteiger partial charge in [-0.1, -0.05) is 0 Å². The molecule has 0 aliphatic heterocycles. The molecule has 0 bridgehead atoms. The molecule has 2 aromatic rings. The normalized spacial score (nSPS) is 10.1. The highest BCUT2D eigenvalue weighted by molar-refractivity contribution is 9.10. The van der Waals surface area contributed by atoms with Crippen LogP contribution in [0.5, 0.6) is 0 Å². The summed E-state index contributed by atoms with van der Waals surface area (Å²) in [6.45, 7) is 0. The molecule has 1 amide bonds. The van der Waals surface area contributed by atoms with Gasteiger partial charge in [0.15, 0.2) is 0 Å². The largest absolute Gasteiger partial charge is 0.397 e. The van der Waals surface area contributed by atoms with Crippen molar-refractivity contribution in [1.82, 2.24) is 9.97 Å². The van der Waals surface area contributed by atoms with E-state index in [1.165, 1.54) is 6.20 Å². The maximum atomic E-state index is 11.8. The van der Waals surface area contributed by atoms with E-state index in [1.54, 1.807) is 30.5 Å². The number of amides is 1. The topological polar surface area (TPSA) is 80.9 Å². The van der Waals surface area contributed by atoms with Crippen molar-refractivity contribution in [2.75, 3.05) is 11.1 Å². The standard InChI is InChI=1S/C12H11BrN4O/c13-12-10(2-1-5-15-12)17-11(18)6-9-4-3-8(14)7-16-9/h1-5,7H,6,14H2,(H,17,18). The summed E-state index contributed by atoms with van der Waals surface area (Å²) in [6, 6.07) is 6.97. The van der Waals surface area contributed by atoms with E-state index < -0.39 is 0 Å². The molecule has 0 radical (unpaired) electrons. The lowest BCUT2D eigenvalue weighted by molar-refractivity contribution is -0.115. The number of aromatic nitrogens is 2. The molecule has 0 saturated carbocycles. The van der Waals surface area contributed by atoms with Gasteiger partial charge in [-0.2, -0.15) is 0 Å².